The maximum absolute atomic E-state index is 5.44. The Kier molecular flexibility index (Phi) is 3.56. The molecule has 1 N–H and O–H groups in total. The predicted molar refractivity (Wildman–Crippen MR) is 98.1 cm³/mol. The Labute approximate surface area is 146 Å². The summed E-state index contributed by atoms with van der Waals surface area (Å²) in [4.78, 5) is 17.2. The molecule has 0 aliphatic carbocycles. The number of H-pyrrole nitrogens is 1. The third-order valence-electron chi connectivity index (χ3n) is 5.18. The highest BCUT2D eigenvalue weighted by Crippen LogP contribution is 2.30. The molecular weight excluding hydrogens is 314 g/mol. The van der Waals surface area contributed by atoms with Gasteiger partial charge >= 0.3 is 0 Å². The first-order valence-corrected chi connectivity index (χ1v) is 8.86. The Morgan fingerprint density at radius 1 is 0.960 bits per heavy atom. The number of aromatic nitrogens is 3. The van der Waals surface area contributed by atoms with Crippen molar-refractivity contribution in [2.75, 3.05) is 42.6 Å². The first kappa shape index (κ1) is 14.7. The minimum absolute atomic E-state index is 0.766. The molecule has 1 saturated heterocycles. The highest BCUT2D eigenvalue weighted by molar-refractivity contribution is 5.85. The third-order valence-corrected chi connectivity index (χ3v) is 5.18. The first-order chi connectivity index (χ1) is 12.4. The maximum Gasteiger partial charge on any atom is 0.134 e. The molecule has 5 rings (SSSR count). The minimum atomic E-state index is 0.766. The second-order valence-electron chi connectivity index (χ2n) is 6.63. The zero-order valence-corrected chi connectivity index (χ0v) is 14.1. The maximum atomic E-state index is 5.44. The molecule has 0 atom stereocenters. The van der Waals surface area contributed by atoms with Gasteiger partial charge in [0.1, 0.15) is 18.0 Å². The number of hydrogen-bond acceptors (Lipinski definition) is 5. The number of rotatable bonds is 2. The largest absolute Gasteiger partial charge is 0.378 e. The summed E-state index contributed by atoms with van der Waals surface area (Å²) in [5.41, 5.74) is 3.99. The molecule has 1 fully saturated rings. The average Bonchev–Trinajstić information content (AvgIpc) is 3.07. The molecule has 2 aliphatic heterocycles. The molecule has 0 radical (unpaired) electrons. The van der Waals surface area contributed by atoms with Crippen molar-refractivity contribution >= 4 is 22.5 Å². The lowest BCUT2D eigenvalue weighted by atomic mass is 10.0. The number of nitrogens with one attached hydrogen (secondary N) is 1. The number of benzene rings is 1. The van der Waals surface area contributed by atoms with Crippen LogP contribution in [0.5, 0.6) is 0 Å². The molecular formula is C19H21N5O. The summed E-state index contributed by atoms with van der Waals surface area (Å²) in [7, 11) is 0. The summed E-state index contributed by atoms with van der Waals surface area (Å²) >= 11 is 0. The molecule has 6 nitrogen and oxygen atoms in total. The van der Waals surface area contributed by atoms with Crippen LogP contribution in [0, 0.1) is 0 Å². The highest BCUT2D eigenvalue weighted by Gasteiger charge is 2.22. The first-order valence-electron chi connectivity index (χ1n) is 8.86. The monoisotopic (exact) mass is 335 g/mol. The Balaban J connectivity index is 1.44. The van der Waals surface area contributed by atoms with Crippen molar-refractivity contribution < 1.29 is 4.74 Å². The van der Waals surface area contributed by atoms with Gasteiger partial charge in [0.05, 0.1) is 13.2 Å². The molecule has 0 spiro atoms. The smallest absolute Gasteiger partial charge is 0.134 e. The van der Waals surface area contributed by atoms with Gasteiger partial charge in [-0.05, 0) is 6.07 Å². The van der Waals surface area contributed by atoms with Crippen LogP contribution in [-0.2, 0) is 17.7 Å². The molecule has 25 heavy (non-hydrogen) atoms. The van der Waals surface area contributed by atoms with Crippen LogP contribution in [0.3, 0.4) is 0 Å². The average molecular weight is 335 g/mol. The zero-order valence-electron chi connectivity index (χ0n) is 14.1. The Hall–Kier alpha value is -2.60. The second-order valence-corrected chi connectivity index (χ2v) is 6.63. The van der Waals surface area contributed by atoms with Crippen molar-refractivity contribution in [1.29, 1.82) is 0 Å². The quantitative estimate of drug-likeness (QED) is 0.779. The number of hydrogen-bond donors (Lipinski definition) is 1. The van der Waals surface area contributed by atoms with Gasteiger partial charge < -0.3 is 19.5 Å². The van der Waals surface area contributed by atoms with Gasteiger partial charge in [-0.25, -0.2) is 9.97 Å². The number of ether oxygens (including phenoxy) is 1. The van der Waals surface area contributed by atoms with Crippen LogP contribution >= 0.6 is 0 Å². The van der Waals surface area contributed by atoms with Gasteiger partial charge in [-0.3, -0.25) is 0 Å². The van der Waals surface area contributed by atoms with Gasteiger partial charge in [0.2, 0.25) is 0 Å². The number of para-hydroxylation sites is 1. The lowest BCUT2D eigenvalue weighted by molar-refractivity contribution is 0.122. The molecule has 4 heterocycles. The minimum Gasteiger partial charge on any atom is -0.378 e. The van der Waals surface area contributed by atoms with Gasteiger partial charge in [-0.15, -0.1) is 0 Å². The number of fused-ring (bicyclic) bond motifs is 3. The SMILES string of the molecule is c1ccc2c3c([nH]c2c1)CCN(c1cc(N2CCOCC2)ncn1)C3. The Bertz CT molecular complexity index is 900. The van der Waals surface area contributed by atoms with Crippen molar-refractivity contribution in [2.45, 2.75) is 13.0 Å². The van der Waals surface area contributed by atoms with Crippen molar-refractivity contribution in [3.8, 4) is 0 Å². The van der Waals surface area contributed by atoms with Crippen LogP contribution in [0.2, 0.25) is 0 Å². The van der Waals surface area contributed by atoms with E-state index in [0.717, 1.165) is 57.4 Å². The lowest BCUT2D eigenvalue weighted by Gasteiger charge is -2.31. The van der Waals surface area contributed by atoms with E-state index in [1.54, 1.807) is 6.33 Å². The third kappa shape index (κ3) is 2.62. The van der Waals surface area contributed by atoms with E-state index < -0.39 is 0 Å². The molecule has 128 valence electrons. The zero-order chi connectivity index (χ0) is 16.6. The van der Waals surface area contributed by atoms with Gasteiger partial charge in [0.25, 0.3) is 0 Å². The number of anilines is 2. The summed E-state index contributed by atoms with van der Waals surface area (Å²) in [6.07, 6.45) is 2.70. The highest BCUT2D eigenvalue weighted by atomic mass is 16.5. The van der Waals surface area contributed by atoms with E-state index >= 15 is 0 Å². The molecule has 0 saturated carbocycles. The summed E-state index contributed by atoms with van der Waals surface area (Å²) in [5.74, 6) is 2.01. The Morgan fingerprint density at radius 3 is 2.64 bits per heavy atom. The van der Waals surface area contributed by atoms with Crippen LogP contribution in [0.15, 0.2) is 36.7 Å². The summed E-state index contributed by atoms with van der Waals surface area (Å²) < 4.78 is 5.44. The summed E-state index contributed by atoms with van der Waals surface area (Å²) in [5, 5.41) is 1.32. The normalized spacial score (nSPS) is 17.8. The fourth-order valence-electron chi connectivity index (χ4n) is 3.84. The van der Waals surface area contributed by atoms with Crippen molar-refractivity contribution in [3.63, 3.8) is 0 Å². The van der Waals surface area contributed by atoms with E-state index in [-0.39, 0.29) is 0 Å². The van der Waals surface area contributed by atoms with Gasteiger partial charge in [0, 0.05) is 60.8 Å². The molecule has 2 aliphatic rings. The molecule has 6 heteroatoms. The van der Waals surface area contributed by atoms with E-state index in [1.807, 2.05) is 0 Å². The number of morpholine rings is 1. The molecule has 3 aromatic rings. The van der Waals surface area contributed by atoms with Crippen molar-refractivity contribution in [1.82, 2.24) is 15.0 Å². The molecule has 0 amide bonds. The van der Waals surface area contributed by atoms with Crippen LogP contribution in [0.25, 0.3) is 10.9 Å². The molecule has 0 unspecified atom stereocenters. The summed E-state index contributed by atoms with van der Waals surface area (Å²) in [6, 6.07) is 10.7. The van der Waals surface area contributed by atoms with E-state index in [2.05, 4.69) is 55.1 Å². The van der Waals surface area contributed by atoms with Crippen LogP contribution in [0.1, 0.15) is 11.3 Å². The fraction of sp³-hybridized carbons (Fsp3) is 0.368. The molecule has 0 bridgehead atoms. The van der Waals surface area contributed by atoms with Crippen molar-refractivity contribution in [2.24, 2.45) is 0 Å². The van der Waals surface area contributed by atoms with Gasteiger partial charge in [-0.1, -0.05) is 18.2 Å². The standard InChI is InChI=1S/C19H21N5O/c1-2-4-16-14(3-1)15-12-24(6-5-17(15)22-16)19-11-18(20-13-21-19)23-7-9-25-10-8-23/h1-4,11,13,22H,5-10,12H2. The lowest BCUT2D eigenvalue weighted by Crippen LogP contribution is -2.37. The summed E-state index contributed by atoms with van der Waals surface area (Å²) in [6.45, 7) is 5.17. The van der Waals surface area contributed by atoms with E-state index in [0.29, 0.717) is 0 Å². The van der Waals surface area contributed by atoms with E-state index in [9.17, 15) is 0 Å². The van der Waals surface area contributed by atoms with Crippen LogP contribution in [0.4, 0.5) is 11.6 Å². The molecule has 2 aromatic heterocycles. The van der Waals surface area contributed by atoms with Crippen LogP contribution < -0.4 is 9.80 Å². The van der Waals surface area contributed by atoms with Crippen LogP contribution in [-0.4, -0.2) is 47.8 Å². The van der Waals surface area contributed by atoms with Crippen molar-refractivity contribution in [3.05, 3.63) is 47.9 Å². The van der Waals surface area contributed by atoms with E-state index in [4.69, 9.17) is 4.74 Å². The Morgan fingerprint density at radius 2 is 1.76 bits per heavy atom. The second kappa shape index (κ2) is 6.04. The fourth-order valence-corrected chi connectivity index (χ4v) is 3.84. The van der Waals surface area contributed by atoms with E-state index in [1.165, 1.54) is 22.2 Å². The topological polar surface area (TPSA) is 57.3 Å². The van der Waals surface area contributed by atoms with Gasteiger partial charge in [-0.2, -0.15) is 0 Å². The molecule has 1 aromatic carbocycles. The number of aromatic amines is 1. The van der Waals surface area contributed by atoms with Gasteiger partial charge in [0.15, 0.2) is 0 Å². The predicted octanol–water partition coefficient (Wildman–Crippen LogP) is 2.36. The number of nitrogens with zero attached hydrogens (tertiary/aromatic N) is 4.